The van der Waals surface area contributed by atoms with Gasteiger partial charge in [0.1, 0.15) is 11.6 Å². The minimum absolute atomic E-state index is 0.0286. The lowest BCUT2D eigenvalue weighted by molar-refractivity contribution is 0.185. The Kier molecular flexibility index (Phi) is 2.37. The molecule has 4 heteroatoms. The first-order chi connectivity index (χ1) is 6.68. The van der Waals surface area contributed by atoms with E-state index in [1.165, 1.54) is 0 Å². The molecule has 1 aliphatic rings. The molecule has 0 spiro atoms. The van der Waals surface area contributed by atoms with Crippen molar-refractivity contribution in [1.29, 1.82) is 0 Å². The van der Waals surface area contributed by atoms with Crippen LogP contribution in [0.3, 0.4) is 0 Å². The van der Waals surface area contributed by atoms with Gasteiger partial charge in [-0.15, -0.1) is 0 Å². The summed E-state index contributed by atoms with van der Waals surface area (Å²) in [6.07, 6.45) is 2.79. The van der Waals surface area contributed by atoms with E-state index in [2.05, 4.69) is 22.2 Å². The fraction of sp³-hybridized carbons (Fsp3) is 0.600. The zero-order valence-electron chi connectivity index (χ0n) is 8.58. The molecule has 1 atom stereocenters. The van der Waals surface area contributed by atoms with E-state index >= 15 is 0 Å². The number of aromatic nitrogens is 2. The summed E-state index contributed by atoms with van der Waals surface area (Å²) >= 11 is 0. The molecule has 1 aromatic rings. The summed E-state index contributed by atoms with van der Waals surface area (Å²) in [4.78, 5) is 8.36. The third-order valence-corrected chi connectivity index (χ3v) is 2.42. The van der Waals surface area contributed by atoms with E-state index < -0.39 is 0 Å². The van der Waals surface area contributed by atoms with Crippen LogP contribution in [0.15, 0.2) is 12.3 Å². The van der Waals surface area contributed by atoms with Gasteiger partial charge >= 0.3 is 0 Å². The molecule has 1 saturated heterocycles. The summed E-state index contributed by atoms with van der Waals surface area (Å²) in [6, 6.07) is 1.89. The van der Waals surface area contributed by atoms with Gasteiger partial charge in [-0.2, -0.15) is 0 Å². The molecular formula is C10H15N3O. The number of hydrogen-bond donors (Lipinski definition) is 1. The predicted molar refractivity (Wildman–Crippen MR) is 54.2 cm³/mol. The molecule has 14 heavy (non-hydrogen) atoms. The summed E-state index contributed by atoms with van der Waals surface area (Å²) in [7, 11) is 0. The van der Waals surface area contributed by atoms with Gasteiger partial charge in [0, 0.05) is 12.8 Å². The van der Waals surface area contributed by atoms with Gasteiger partial charge in [-0.3, -0.25) is 0 Å². The molecule has 2 rings (SSSR count). The van der Waals surface area contributed by atoms with Crippen LogP contribution in [0.4, 0.5) is 5.82 Å². The van der Waals surface area contributed by atoms with Gasteiger partial charge in [0.05, 0.1) is 12.1 Å². The zero-order chi connectivity index (χ0) is 10.0. The third-order valence-electron chi connectivity index (χ3n) is 2.42. The molecule has 1 aromatic heterocycles. The van der Waals surface area contributed by atoms with Crippen molar-refractivity contribution >= 4 is 5.82 Å². The topological polar surface area (TPSA) is 47.0 Å². The Morgan fingerprint density at radius 1 is 1.57 bits per heavy atom. The van der Waals surface area contributed by atoms with Crippen LogP contribution in [0.5, 0.6) is 0 Å². The number of rotatable bonds is 2. The largest absolute Gasteiger partial charge is 0.379 e. The number of nitrogens with zero attached hydrogens (tertiary/aromatic N) is 2. The summed E-state index contributed by atoms with van der Waals surface area (Å²) in [5.74, 6) is 1.67. The van der Waals surface area contributed by atoms with Crippen LogP contribution in [0.1, 0.15) is 19.2 Å². The highest BCUT2D eigenvalue weighted by molar-refractivity contribution is 5.36. The first kappa shape index (κ1) is 9.40. The average molecular weight is 193 g/mol. The van der Waals surface area contributed by atoms with Crippen molar-refractivity contribution in [2.75, 3.05) is 18.5 Å². The Bertz CT molecular complexity index is 321. The number of hydrogen-bond acceptors (Lipinski definition) is 4. The molecule has 0 aliphatic carbocycles. The summed E-state index contributed by atoms with van der Waals surface area (Å²) in [5, 5.41) is 3.38. The van der Waals surface area contributed by atoms with Gasteiger partial charge in [0.25, 0.3) is 0 Å². The molecule has 0 saturated carbocycles. The Hall–Kier alpha value is -1.16. The number of nitrogens with one attached hydrogen (secondary N) is 1. The SMILES string of the molecule is Cc1nccc(NC2(C)CCOC2)n1. The zero-order valence-corrected chi connectivity index (χ0v) is 8.58. The van der Waals surface area contributed by atoms with Gasteiger partial charge in [0.2, 0.25) is 0 Å². The maximum atomic E-state index is 5.36. The third kappa shape index (κ3) is 2.01. The van der Waals surface area contributed by atoms with E-state index in [1.54, 1.807) is 6.20 Å². The molecule has 76 valence electrons. The van der Waals surface area contributed by atoms with Crippen molar-refractivity contribution < 1.29 is 4.74 Å². The normalized spacial score (nSPS) is 26.4. The summed E-state index contributed by atoms with van der Waals surface area (Å²) in [5.41, 5.74) is 0.0286. The van der Waals surface area contributed by atoms with Crippen LogP contribution >= 0.6 is 0 Å². The quantitative estimate of drug-likeness (QED) is 0.770. The molecule has 0 aromatic carbocycles. The molecule has 1 unspecified atom stereocenters. The first-order valence-corrected chi connectivity index (χ1v) is 4.84. The van der Waals surface area contributed by atoms with Crippen LogP contribution < -0.4 is 5.32 Å². The number of aryl methyl sites for hydroxylation is 1. The van der Waals surface area contributed by atoms with E-state index in [9.17, 15) is 0 Å². The van der Waals surface area contributed by atoms with Gasteiger partial charge in [-0.25, -0.2) is 9.97 Å². The highest BCUT2D eigenvalue weighted by Crippen LogP contribution is 2.22. The van der Waals surface area contributed by atoms with E-state index in [0.29, 0.717) is 0 Å². The summed E-state index contributed by atoms with van der Waals surface area (Å²) in [6.45, 7) is 5.61. The highest BCUT2D eigenvalue weighted by atomic mass is 16.5. The highest BCUT2D eigenvalue weighted by Gasteiger charge is 2.29. The van der Waals surface area contributed by atoms with E-state index in [1.807, 2.05) is 13.0 Å². The Balaban J connectivity index is 2.10. The molecule has 0 radical (unpaired) electrons. The first-order valence-electron chi connectivity index (χ1n) is 4.84. The van der Waals surface area contributed by atoms with Crippen molar-refractivity contribution in [3.63, 3.8) is 0 Å². The molecule has 1 N–H and O–H groups in total. The average Bonchev–Trinajstić information content (AvgIpc) is 2.51. The van der Waals surface area contributed by atoms with Crippen LogP contribution in [-0.4, -0.2) is 28.7 Å². The van der Waals surface area contributed by atoms with Crippen molar-refractivity contribution in [2.45, 2.75) is 25.8 Å². The number of ether oxygens (including phenoxy) is 1. The fourth-order valence-corrected chi connectivity index (χ4v) is 1.60. The van der Waals surface area contributed by atoms with Gasteiger partial charge in [-0.05, 0) is 26.3 Å². The van der Waals surface area contributed by atoms with Crippen molar-refractivity contribution in [1.82, 2.24) is 9.97 Å². The molecule has 0 amide bonds. The Morgan fingerprint density at radius 3 is 3.07 bits per heavy atom. The maximum Gasteiger partial charge on any atom is 0.130 e. The van der Waals surface area contributed by atoms with Crippen LogP contribution in [0.25, 0.3) is 0 Å². The molecule has 1 aliphatic heterocycles. The van der Waals surface area contributed by atoms with Gasteiger partial charge < -0.3 is 10.1 Å². The summed E-state index contributed by atoms with van der Waals surface area (Å²) < 4.78 is 5.36. The standard InChI is InChI=1S/C10H15N3O/c1-8-11-5-3-9(12-8)13-10(2)4-6-14-7-10/h3,5H,4,6-7H2,1-2H3,(H,11,12,13). The van der Waals surface area contributed by atoms with Gasteiger partial charge in [-0.1, -0.05) is 0 Å². The van der Waals surface area contributed by atoms with Crippen LogP contribution in [0.2, 0.25) is 0 Å². The number of anilines is 1. The maximum absolute atomic E-state index is 5.36. The van der Waals surface area contributed by atoms with Crippen molar-refractivity contribution in [2.24, 2.45) is 0 Å². The molecule has 1 fully saturated rings. The lowest BCUT2D eigenvalue weighted by Crippen LogP contribution is -2.35. The van der Waals surface area contributed by atoms with Crippen LogP contribution in [0, 0.1) is 6.92 Å². The van der Waals surface area contributed by atoms with Crippen molar-refractivity contribution in [3.05, 3.63) is 18.1 Å². The minimum atomic E-state index is 0.0286. The van der Waals surface area contributed by atoms with E-state index in [-0.39, 0.29) is 5.54 Å². The monoisotopic (exact) mass is 193 g/mol. The fourth-order valence-electron chi connectivity index (χ4n) is 1.60. The molecule has 0 bridgehead atoms. The second-order valence-electron chi connectivity index (χ2n) is 3.98. The van der Waals surface area contributed by atoms with E-state index in [4.69, 9.17) is 4.74 Å². The lowest BCUT2D eigenvalue weighted by atomic mass is 10.0. The second kappa shape index (κ2) is 3.53. The van der Waals surface area contributed by atoms with Crippen LogP contribution in [-0.2, 0) is 4.74 Å². The molecular weight excluding hydrogens is 178 g/mol. The predicted octanol–water partition coefficient (Wildman–Crippen LogP) is 1.38. The Labute approximate surface area is 83.7 Å². The second-order valence-corrected chi connectivity index (χ2v) is 3.98. The van der Waals surface area contributed by atoms with E-state index in [0.717, 1.165) is 31.3 Å². The minimum Gasteiger partial charge on any atom is -0.379 e. The lowest BCUT2D eigenvalue weighted by Gasteiger charge is -2.24. The van der Waals surface area contributed by atoms with Gasteiger partial charge in [0.15, 0.2) is 0 Å². The molecule has 2 heterocycles. The smallest absolute Gasteiger partial charge is 0.130 e. The molecule has 4 nitrogen and oxygen atoms in total. The Morgan fingerprint density at radius 2 is 2.43 bits per heavy atom. The van der Waals surface area contributed by atoms with Crippen molar-refractivity contribution in [3.8, 4) is 0 Å².